The van der Waals surface area contributed by atoms with Gasteiger partial charge in [-0.1, -0.05) is 62.2 Å². The summed E-state index contributed by atoms with van der Waals surface area (Å²) in [6.07, 6.45) is 0.744. The fourth-order valence-corrected chi connectivity index (χ4v) is 3.07. The van der Waals surface area contributed by atoms with E-state index in [1.54, 1.807) is 0 Å². The Morgan fingerprint density at radius 1 is 0.905 bits per heavy atom. The van der Waals surface area contributed by atoms with Gasteiger partial charge in [0, 0.05) is 16.6 Å². The third-order valence-electron chi connectivity index (χ3n) is 3.18. The van der Waals surface area contributed by atoms with Crippen LogP contribution in [0.3, 0.4) is 0 Å². The van der Waals surface area contributed by atoms with Crippen LogP contribution in [0.1, 0.15) is 17.2 Å². The topological polar surface area (TPSA) is 30.7 Å². The zero-order valence-corrected chi connectivity index (χ0v) is 14.4. The van der Waals surface area contributed by atoms with E-state index in [1.807, 2.05) is 30.3 Å². The van der Waals surface area contributed by atoms with Crippen molar-refractivity contribution in [3.8, 4) is 5.69 Å². The van der Waals surface area contributed by atoms with Crippen LogP contribution in [-0.4, -0.2) is 14.8 Å². The molecule has 0 bridgehead atoms. The monoisotopic (exact) mass is 405 g/mol. The van der Waals surface area contributed by atoms with Gasteiger partial charge >= 0.3 is 0 Å². The molecule has 0 aliphatic rings. The smallest absolute Gasteiger partial charge is 0.148 e. The summed E-state index contributed by atoms with van der Waals surface area (Å²) in [6.45, 7) is 0. The first kappa shape index (κ1) is 14.5. The van der Waals surface area contributed by atoms with Crippen LogP contribution in [0, 0.1) is 0 Å². The highest BCUT2D eigenvalue weighted by Crippen LogP contribution is 2.19. The van der Waals surface area contributed by atoms with E-state index in [1.165, 1.54) is 5.56 Å². The quantitative estimate of drug-likeness (QED) is 0.596. The third-order valence-corrected chi connectivity index (χ3v) is 4.18. The van der Waals surface area contributed by atoms with Gasteiger partial charge in [-0.25, -0.2) is 0 Å². The molecule has 3 aromatic rings. The molecule has 3 rings (SSSR count). The lowest BCUT2D eigenvalue weighted by Gasteiger charge is -2.09. The maximum atomic E-state index is 4.36. The van der Waals surface area contributed by atoms with Gasteiger partial charge in [-0.2, -0.15) is 0 Å². The highest BCUT2D eigenvalue weighted by molar-refractivity contribution is 9.10. The Kier molecular flexibility index (Phi) is 4.51. The Balaban J connectivity index is 2.02. The van der Waals surface area contributed by atoms with Crippen molar-refractivity contribution in [1.29, 1.82) is 0 Å². The normalized spacial score (nSPS) is 10.8. The Morgan fingerprint density at radius 3 is 2.38 bits per heavy atom. The van der Waals surface area contributed by atoms with Gasteiger partial charge < -0.3 is 0 Å². The van der Waals surface area contributed by atoms with E-state index in [4.69, 9.17) is 0 Å². The van der Waals surface area contributed by atoms with E-state index in [0.717, 1.165) is 28.2 Å². The number of benzene rings is 2. The van der Waals surface area contributed by atoms with Crippen molar-refractivity contribution in [2.75, 3.05) is 0 Å². The van der Waals surface area contributed by atoms with Crippen LogP contribution in [0.5, 0.6) is 0 Å². The molecule has 5 heteroatoms. The van der Waals surface area contributed by atoms with Crippen molar-refractivity contribution < 1.29 is 0 Å². The van der Waals surface area contributed by atoms with Crippen molar-refractivity contribution in [2.45, 2.75) is 11.8 Å². The van der Waals surface area contributed by atoms with Crippen LogP contribution >= 0.6 is 31.9 Å². The molecule has 2 aromatic carbocycles. The summed E-state index contributed by atoms with van der Waals surface area (Å²) in [4.78, 5) is 0. The zero-order valence-electron chi connectivity index (χ0n) is 11.2. The van der Waals surface area contributed by atoms with E-state index in [0.29, 0.717) is 5.33 Å². The van der Waals surface area contributed by atoms with Gasteiger partial charge in [0.05, 0.1) is 5.33 Å². The van der Waals surface area contributed by atoms with Crippen LogP contribution in [0.4, 0.5) is 0 Å². The number of halogens is 2. The third kappa shape index (κ3) is 3.24. The summed E-state index contributed by atoms with van der Waals surface area (Å²) in [5.41, 5.74) is 2.29. The summed E-state index contributed by atoms with van der Waals surface area (Å²) in [6, 6.07) is 18.5. The van der Waals surface area contributed by atoms with Gasteiger partial charge in [0.1, 0.15) is 11.6 Å². The molecule has 0 saturated carbocycles. The SMILES string of the molecule is BrCc1nnc(Cc2cccc(Br)c2)n1-c1ccccc1. The molecule has 0 atom stereocenters. The molecule has 1 heterocycles. The number of alkyl halides is 1. The van der Waals surface area contributed by atoms with Crippen molar-refractivity contribution in [3.63, 3.8) is 0 Å². The molecule has 0 fully saturated rings. The largest absolute Gasteiger partial charge is 0.282 e. The van der Waals surface area contributed by atoms with Gasteiger partial charge in [-0.3, -0.25) is 4.57 Å². The molecule has 0 aliphatic heterocycles. The molecule has 0 unspecified atom stereocenters. The van der Waals surface area contributed by atoms with Crippen molar-refractivity contribution in [2.24, 2.45) is 0 Å². The summed E-state index contributed by atoms with van der Waals surface area (Å²) in [7, 11) is 0. The van der Waals surface area contributed by atoms with Crippen LogP contribution in [0.2, 0.25) is 0 Å². The average Bonchev–Trinajstić information content (AvgIpc) is 2.91. The standard InChI is InChI=1S/C16H13Br2N3/c17-11-16-20-19-15(10-12-5-4-6-13(18)9-12)21(16)14-7-2-1-3-8-14/h1-9H,10-11H2. The Bertz CT molecular complexity index is 738. The molecular formula is C16H13Br2N3. The van der Waals surface area contributed by atoms with Crippen molar-refractivity contribution >= 4 is 31.9 Å². The minimum Gasteiger partial charge on any atom is -0.282 e. The number of rotatable bonds is 4. The number of hydrogen-bond acceptors (Lipinski definition) is 2. The van der Waals surface area contributed by atoms with E-state index in [9.17, 15) is 0 Å². The lowest BCUT2D eigenvalue weighted by atomic mass is 10.1. The average molecular weight is 407 g/mol. The second-order valence-electron chi connectivity index (χ2n) is 4.64. The molecular weight excluding hydrogens is 394 g/mol. The zero-order chi connectivity index (χ0) is 14.7. The molecule has 0 spiro atoms. The van der Waals surface area contributed by atoms with Gasteiger partial charge in [-0.15, -0.1) is 10.2 Å². The molecule has 0 aliphatic carbocycles. The molecule has 3 nitrogen and oxygen atoms in total. The number of hydrogen-bond donors (Lipinski definition) is 0. The number of aromatic nitrogens is 3. The van der Waals surface area contributed by atoms with Crippen LogP contribution < -0.4 is 0 Å². The maximum Gasteiger partial charge on any atom is 0.148 e. The van der Waals surface area contributed by atoms with Crippen molar-refractivity contribution in [1.82, 2.24) is 14.8 Å². The number of nitrogens with zero attached hydrogens (tertiary/aromatic N) is 3. The van der Waals surface area contributed by atoms with E-state index in [-0.39, 0.29) is 0 Å². The Morgan fingerprint density at radius 2 is 1.67 bits per heavy atom. The first-order valence-electron chi connectivity index (χ1n) is 6.57. The number of para-hydroxylation sites is 1. The lowest BCUT2D eigenvalue weighted by Crippen LogP contribution is -2.05. The molecule has 106 valence electrons. The van der Waals surface area contributed by atoms with Crippen LogP contribution in [0.25, 0.3) is 5.69 Å². The fourth-order valence-electron chi connectivity index (χ4n) is 2.26. The highest BCUT2D eigenvalue weighted by atomic mass is 79.9. The molecule has 0 radical (unpaired) electrons. The Hall–Kier alpha value is -1.46. The van der Waals surface area contributed by atoms with Gasteiger partial charge in [0.2, 0.25) is 0 Å². The predicted octanol–water partition coefficient (Wildman–Crippen LogP) is 4.52. The van der Waals surface area contributed by atoms with Crippen LogP contribution in [0.15, 0.2) is 59.1 Å². The molecule has 0 saturated heterocycles. The van der Waals surface area contributed by atoms with Crippen LogP contribution in [-0.2, 0) is 11.8 Å². The fraction of sp³-hybridized carbons (Fsp3) is 0.125. The summed E-state index contributed by atoms with van der Waals surface area (Å²) in [5, 5.41) is 9.31. The molecule has 0 amide bonds. The van der Waals surface area contributed by atoms with Gasteiger partial charge in [0.15, 0.2) is 0 Å². The molecule has 0 N–H and O–H groups in total. The van der Waals surface area contributed by atoms with Gasteiger partial charge in [-0.05, 0) is 29.8 Å². The van der Waals surface area contributed by atoms with E-state index < -0.39 is 0 Å². The summed E-state index contributed by atoms with van der Waals surface area (Å²) < 4.78 is 3.18. The van der Waals surface area contributed by atoms with Gasteiger partial charge in [0.25, 0.3) is 0 Å². The second kappa shape index (κ2) is 6.54. The van der Waals surface area contributed by atoms with E-state index in [2.05, 4.69) is 70.9 Å². The lowest BCUT2D eigenvalue weighted by molar-refractivity contribution is 0.888. The first-order valence-corrected chi connectivity index (χ1v) is 8.48. The second-order valence-corrected chi connectivity index (χ2v) is 6.12. The summed E-state index contributed by atoms with van der Waals surface area (Å²) in [5.74, 6) is 1.85. The minimum absolute atomic E-state index is 0.674. The van der Waals surface area contributed by atoms with Crippen molar-refractivity contribution in [3.05, 3.63) is 76.3 Å². The summed E-state index contributed by atoms with van der Waals surface area (Å²) >= 11 is 6.99. The first-order chi connectivity index (χ1) is 10.3. The molecule has 21 heavy (non-hydrogen) atoms. The molecule has 1 aromatic heterocycles. The van der Waals surface area contributed by atoms with E-state index >= 15 is 0 Å². The Labute approximate surface area is 140 Å². The maximum absolute atomic E-state index is 4.36. The predicted molar refractivity (Wildman–Crippen MR) is 90.9 cm³/mol. The highest BCUT2D eigenvalue weighted by Gasteiger charge is 2.13. The minimum atomic E-state index is 0.674.